The summed E-state index contributed by atoms with van der Waals surface area (Å²) in [5, 5.41) is 6.79. The minimum absolute atomic E-state index is 0.173. The van der Waals surface area contributed by atoms with Gasteiger partial charge in [-0.1, -0.05) is 0 Å². The van der Waals surface area contributed by atoms with Crippen molar-refractivity contribution < 1.29 is 4.79 Å². The van der Waals surface area contributed by atoms with Crippen molar-refractivity contribution in [2.45, 2.75) is 26.2 Å². The number of rotatable bonds is 3. The zero-order valence-corrected chi connectivity index (χ0v) is 12.1. The van der Waals surface area contributed by atoms with Gasteiger partial charge in [0.1, 0.15) is 0 Å². The Kier molecular flexibility index (Phi) is 3.94. The van der Waals surface area contributed by atoms with Crippen molar-refractivity contribution in [2.24, 2.45) is 5.92 Å². The third-order valence-electron chi connectivity index (χ3n) is 4.09. The third-order valence-corrected chi connectivity index (χ3v) is 4.09. The van der Waals surface area contributed by atoms with E-state index in [0.29, 0.717) is 5.92 Å². The molecule has 0 aliphatic carbocycles. The Morgan fingerprint density at radius 3 is 2.76 bits per heavy atom. The molecular weight excluding hydrogens is 266 g/mol. The van der Waals surface area contributed by atoms with Gasteiger partial charge in [0.05, 0.1) is 17.6 Å². The van der Waals surface area contributed by atoms with E-state index in [1.807, 2.05) is 11.1 Å². The Morgan fingerprint density at radius 1 is 1.33 bits per heavy atom. The van der Waals surface area contributed by atoms with Crippen LogP contribution in [0, 0.1) is 5.92 Å². The zero-order valence-electron chi connectivity index (χ0n) is 12.1. The lowest BCUT2D eigenvalue weighted by atomic mass is 9.91. The molecule has 1 amide bonds. The standard InChI is InChI=1S/C15H19N5O/c1-11(21)20-6-2-12(3-7-20)8-14-15(17-5-4-16-14)13-9-18-19-10-13/h4-5,9-10,12H,2-3,6-8H2,1H3,(H,18,19). The second-order valence-corrected chi connectivity index (χ2v) is 5.49. The predicted molar refractivity (Wildman–Crippen MR) is 78.3 cm³/mol. The lowest BCUT2D eigenvalue weighted by Gasteiger charge is -2.31. The summed E-state index contributed by atoms with van der Waals surface area (Å²) < 4.78 is 0. The van der Waals surface area contributed by atoms with Gasteiger partial charge in [0, 0.05) is 44.2 Å². The van der Waals surface area contributed by atoms with Gasteiger partial charge >= 0.3 is 0 Å². The molecule has 2 aromatic heterocycles. The average molecular weight is 285 g/mol. The van der Waals surface area contributed by atoms with Gasteiger partial charge < -0.3 is 4.90 Å². The van der Waals surface area contributed by atoms with Gasteiger partial charge in [-0.05, 0) is 25.2 Å². The van der Waals surface area contributed by atoms with Crippen LogP contribution in [0.25, 0.3) is 11.3 Å². The molecule has 3 heterocycles. The number of nitrogens with zero attached hydrogens (tertiary/aromatic N) is 4. The smallest absolute Gasteiger partial charge is 0.219 e. The number of carbonyl (C=O) groups is 1. The number of piperidine rings is 1. The molecule has 110 valence electrons. The number of H-pyrrole nitrogens is 1. The molecule has 1 saturated heterocycles. The first-order valence-electron chi connectivity index (χ1n) is 7.28. The van der Waals surface area contributed by atoms with Crippen LogP contribution in [0.4, 0.5) is 0 Å². The molecule has 0 spiro atoms. The highest BCUT2D eigenvalue weighted by molar-refractivity contribution is 5.73. The van der Waals surface area contributed by atoms with E-state index in [2.05, 4.69) is 20.2 Å². The maximum Gasteiger partial charge on any atom is 0.219 e. The topological polar surface area (TPSA) is 74.8 Å². The molecule has 0 saturated carbocycles. The van der Waals surface area contributed by atoms with Gasteiger partial charge in [-0.3, -0.25) is 19.9 Å². The molecule has 1 fully saturated rings. The second-order valence-electron chi connectivity index (χ2n) is 5.49. The van der Waals surface area contributed by atoms with Crippen LogP contribution in [0.2, 0.25) is 0 Å². The van der Waals surface area contributed by atoms with Crippen molar-refractivity contribution in [1.29, 1.82) is 0 Å². The van der Waals surface area contributed by atoms with Gasteiger partial charge in [-0.25, -0.2) is 0 Å². The van der Waals surface area contributed by atoms with Gasteiger partial charge in [0.25, 0.3) is 0 Å². The van der Waals surface area contributed by atoms with Gasteiger partial charge in [0.15, 0.2) is 0 Å². The number of carbonyl (C=O) groups excluding carboxylic acids is 1. The summed E-state index contributed by atoms with van der Waals surface area (Å²) in [6.07, 6.45) is 10.0. The Balaban J connectivity index is 1.70. The average Bonchev–Trinajstić information content (AvgIpc) is 3.02. The van der Waals surface area contributed by atoms with Crippen LogP contribution < -0.4 is 0 Å². The molecule has 0 aromatic carbocycles. The first kappa shape index (κ1) is 13.7. The molecule has 21 heavy (non-hydrogen) atoms. The van der Waals surface area contributed by atoms with Crippen LogP contribution in [-0.2, 0) is 11.2 Å². The maximum absolute atomic E-state index is 11.4. The van der Waals surface area contributed by atoms with Gasteiger partial charge in [0.2, 0.25) is 5.91 Å². The fourth-order valence-corrected chi connectivity index (χ4v) is 2.86. The SMILES string of the molecule is CC(=O)N1CCC(Cc2nccnc2-c2cn[nH]c2)CC1. The number of nitrogens with one attached hydrogen (secondary N) is 1. The summed E-state index contributed by atoms with van der Waals surface area (Å²) in [7, 11) is 0. The fourth-order valence-electron chi connectivity index (χ4n) is 2.86. The van der Waals surface area contributed by atoms with Gasteiger partial charge in [-0.2, -0.15) is 5.10 Å². The number of aromatic nitrogens is 4. The van der Waals surface area contributed by atoms with E-state index >= 15 is 0 Å². The molecule has 1 aliphatic heterocycles. The lowest BCUT2D eigenvalue weighted by molar-refractivity contribution is -0.130. The highest BCUT2D eigenvalue weighted by Crippen LogP contribution is 2.25. The first-order chi connectivity index (χ1) is 10.2. The summed E-state index contributed by atoms with van der Waals surface area (Å²) in [6, 6.07) is 0. The van der Waals surface area contributed by atoms with E-state index < -0.39 is 0 Å². The maximum atomic E-state index is 11.4. The molecule has 6 heteroatoms. The summed E-state index contributed by atoms with van der Waals surface area (Å²) in [6.45, 7) is 3.34. The number of hydrogen-bond acceptors (Lipinski definition) is 4. The fraction of sp³-hybridized carbons (Fsp3) is 0.467. The summed E-state index contributed by atoms with van der Waals surface area (Å²) in [4.78, 5) is 22.2. The largest absolute Gasteiger partial charge is 0.343 e. The van der Waals surface area contributed by atoms with Crippen LogP contribution in [0.1, 0.15) is 25.5 Å². The van der Waals surface area contributed by atoms with Crippen molar-refractivity contribution >= 4 is 5.91 Å². The minimum Gasteiger partial charge on any atom is -0.343 e. The number of likely N-dealkylation sites (tertiary alicyclic amines) is 1. The number of hydrogen-bond donors (Lipinski definition) is 1. The molecular formula is C15H19N5O. The van der Waals surface area contributed by atoms with Crippen molar-refractivity contribution in [2.75, 3.05) is 13.1 Å². The molecule has 0 bridgehead atoms. The van der Waals surface area contributed by atoms with Crippen LogP contribution in [0.3, 0.4) is 0 Å². The van der Waals surface area contributed by atoms with Crippen LogP contribution in [0.15, 0.2) is 24.8 Å². The molecule has 6 nitrogen and oxygen atoms in total. The van der Waals surface area contributed by atoms with Crippen LogP contribution >= 0.6 is 0 Å². The number of amides is 1. The van der Waals surface area contributed by atoms with E-state index in [4.69, 9.17) is 0 Å². The van der Waals surface area contributed by atoms with E-state index in [1.54, 1.807) is 25.5 Å². The van der Waals surface area contributed by atoms with Crippen LogP contribution in [0.5, 0.6) is 0 Å². The second kappa shape index (κ2) is 6.03. The molecule has 0 radical (unpaired) electrons. The first-order valence-corrected chi connectivity index (χ1v) is 7.28. The van der Waals surface area contributed by atoms with Gasteiger partial charge in [-0.15, -0.1) is 0 Å². The Morgan fingerprint density at radius 2 is 2.10 bits per heavy atom. The van der Waals surface area contributed by atoms with E-state index in [0.717, 1.165) is 49.3 Å². The molecule has 1 N–H and O–H groups in total. The Labute approximate surface area is 123 Å². The monoisotopic (exact) mass is 285 g/mol. The minimum atomic E-state index is 0.173. The quantitative estimate of drug-likeness (QED) is 0.930. The highest BCUT2D eigenvalue weighted by Gasteiger charge is 2.22. The normalized spacial score (nSPS) is 16.1. The van der Waals surface area contributed by atoms with E-state index in [1.165, 1.54) is 0 Å². The van der Waals surface area contributed by atoms with Crippen molar-refractivity contribution in [3.05, 3.63) is 30.5 Å². The summed E-state index contributed by atoms with van der Waals surface area (Å²) >= 11 is 0. The third kappa shape index (κ3) is 3.09. The van der Waals surface area contributed by atoms with E-state index in [-0.39, 0.29) is 5.91 Å². The van der Waals surface area contributed by atoms with Crippen molar-refractivity contribution in [3.8, 4) is 11.3 Å². The van der Waals surface area contributed by atoms with Crippen molar-refractivity contribution in [1.82, 2.24) is 25.1 Å². The predicted octanol–water partition coefficient (Wildman–Crippen LogP) is 1.67. The number of aromatic amines is 1. The molecule has 0 unspecified atom stereocenters. The Bertz CT molecular complexity index is 602. The van der Waals surface area contributed by atoms with Crippen LogP contribution in [-0.4, -0.2) is 44.1 Å². The molecule has 3 rings (SSSR count). The molecule has 2 aromatic rings. The molecule has 0 atom stereocenters. The summed E-state index contributed by atoms with van der Waals surface area (Å²) in [5.41, 5.74) is 2.89. The van der Waals surface area contributed by atoms with E-state index in [9.17, 15) is 4.79 Å². The van der Waals surface area contributed by atoms with Crippen molar-refractivity contribution in [3.63, 3.8) is 0 Å². The molecule has 1 aliphatic rings. The zero-order chi connectivity index (χ0) is 14.7. The summed E-state index contributed by atoms with van der Waals surface area (Å²) in [5.74, 6) is 0.731. The highest BCUT2D eigenvalue weighted by atomic mass is 16.2. The lowest BCUT2D eigenvalue weighted by Crippen LogP contribution is -2.37. The Hall–Kier alpha value is -2.24.